The first-order valence-corrected chi connectivity index (χ1v) is 5.44. The number of carbonyl (C=O) groups is 2. The molecule has 19 heavy (non-hydrogen) atoms. The lowest BCUT2D eigenvalue weighted by Gasteiger charge is -2.09. The summed E-state index contributed by atoms with van der Waals surface area (Å²) in [6, 6.07) is 4.72. The first-order chi connectivity index (χ1) is 9.12. The van der Waals surface area contributed by atoms with Crippen molar-refractivity contribution in [2.24, 2.45) is 0 Å². The summed E-state index contributed by atoms with van der Waals surface area (Å²) >= 11 is 0. The van der Waals surface area contributed by atoms with Crippen molar-refractivity contribution < 1.29 is 23.9 Å². The second kappa shape index (κ2) is 7.22. The van der Waals surface area contributed by atoms with Gasteiger partial charge >= 0.3 is 0 Å². The highest BCUT2D eigenvalue weighted by Gasteiger charge is 2.11. The van der Waals surface area contributed by atoms with Gasteiger partial charge in [0.05, 0.1) is 27.9 Å². The highest BCUT2D eigenvalue weighted by Crippen LogP contribution is 2.27. The van der Waals surface area contributed by atoms with Gasteiger partial charge in [0.1, 0.15) is 0 Å². The Kier molecular flexibility index (Phi) is 5.62. The Morgan fingerprint density at radius 1 is 1.11 bits per heavy atom. The zero-order valence-corrected chi connectivity index (χ0v) is 11.0. The van der Waals surface area contributed by atoms with E-state index in [1.807, 2.05) is 0 Å². The molecule has 0 radical (unpaired) electrons. The Bertz CT molecular complexity index is 461. The van der Waals surface area contributed by atoms with E-state index in [1.54, 1.807) is 12.1 Å². The third-order valence-electron chi connectivity index (χ3n) is 2.27. The number of amides is 2. The van der Waals surface area contributed by atoms with Gasteiger partial charge in [-0.15, -0.1) is 0 Å². The smallest absolute Gasteiger partial charge is 0.262 e. The molecular weight excluding hydrogens is 252 g/mol. The molecule has 0 saturated carbocycles. The van der Waals surface area contributed by atoms with E-state index in [-0.39, 0.29) is 6.54 Å². The van der Waals surface area contributed by atoms with Crippen molar-refractivity contribution in [1.82, 2.24) is 10.8 Å². The van der Waals surface area contributed by atoms with E-state index >= 15 is 0 Å². The normalized spacial score (nSPS) is 9.63. The highest BCUT2D eigenvalue weighted by molar-refractivity contribution is 5.96. The molecule has 0 bridgehead atoms. The number of nitrogens with one attached hydrogen (secondary N) is 2. The Labute approximate surface area is 110 Å². The second-order valence-electron chi connectivity index (χ2n) is 3.48. The molecule has 0 aromatic heterocycles. The number of methoxy groups -OCH3 is 2. The summed E-state index contributed by atoms with van der Waals surface area (Å²) in [5, 5.41) is 2.44. The molecule has 0 saturated heterocycles. The first kappa shape index (κ1) is 14.8. The van der Waals surface area contributed by atoms with Crippen molar-refractivity contribution in [3.8, 4) is 11.5 Å². The second-order valence-corrected chi connectivity index (χ2v) is 3.48. The maximum atomic E-state index is 11.8. The molecule has 7 heteroatoms. The minimum atomic E-state index is -0.448. The molecule has 0 spiro atoms. The molecule has 0 aliphatic rings. The van der Waals surface area contributed by atoms with Crippen molar-refractivity contribution >= 4 is 11.8 Å². The van der Waals surface area contributed by atoms with Gasteiger partial charge in [-0.05, 0) is 18.2 Å². The molecule has 1 aromatic rings. The number of rotatable bonds is 6. The minimum absolute atomic E-state index is 0.180. The molecule has 0 unspecified atom stereocenters. The number of benzene rings is 1. The lowest BCUT2D eigenvalue weighted by molar-refractivity contribution is -0.130. The van der Waals surface area contributed by atoms with E-state index in [1.165, 1.54) is 27.4 Å². The van der Waals surface area contributed by atoms with Gasteiger partial charge in [0.15, 0.2) is 11.5 Å². The van der Waals surface area contributed by atoms with Gasteiger partial charge in [-0.3, -0.25) is 14.4 Å². The topological polar surface area (TPSA) is 85.9 Å². The van der Waals surface area contributed by atoms with Crippen molar-refractivity contribution in [2.45, 2.75) is 0 Å². The molecule has 0 aliphatic heterocycles. The van der Waals surface area contributed by atoms with Crippen LogP contribution in [0.1, 0.15) is 10.4 Å². The van der Waals surface area contributed by atoms with Crippen LogP contribution >= 0.6 is 0 Å². The molecule has 0 aliphatic carbocycles. The number of carbonyl (C=O) groups excluding carboxylic acids is 2. The van der Waals surface area contributed by atoms with Crippen LogP contribution < -0.4 is 20.3 Å². The van der Waals surface area contributed by atoms with Crippen LogP contribution in [-0.4, -0.2) is 39.7 Å². The van der Waals surface area contributed by atoms with Crippen molar-refractivity contribution in [2.75, 3.05) is 27.9 Å². The van der Waals surface area contributed by atoms with E-state index in [0.29, 0.717) is 17.1 Å². The Balaban J connectivity index is 2.69. The fourth-order valence-electron chi connectivity index (χ4n) is 1.39. The van der Waals surface area contributed by atoms with Crippen LogP contribution in [-0.2, 0) is 9.63 Å². The number of hydroxylamine groups is 1. The van der Waals surface area contributed by atoms with Gasteiger partial charge in [0.25, 0.3) is 11.8 Å². The minimum Gasteiger partial charge on any atom is -0.493 e. The molecule has 0 fully saturated rings. The fraction of sp³-hybridized carbons (Fsp3) is 0.333. The molecule has 1 aromatic carbocycles. The summed E-state index contributed by atoms with van der Waals surface area (Å²) in [7, 11) is 4.30. The zero-order valence-electron chi connectivity index (χ0n) is 11.0. The number of hydrogen-bond donors (Lipinski definition) is 2. The molecule has 2 amide bonds. The van der Waals surface area contributed by atoms with Gasteiger partial charge in [0.2, 0.25) is 0 Å². The van der Waals surface area contributed by atoms with Crippen molar-refractivity contribution in [3.63, 3.8) is 0 Å². The predicted octanol–water partition coefficient (Wildman–Crippen LogP) is 0.111. The SMILES string of the molecule is CONC(=O)CNC(=O)c1ccc(OC)c(OC)c1. The van der Waals surface area contributed by atoms with Gasteiger partial charge < -0.3 is 14.8 Å². The average Bonchev–Trinajstić information content (AvgIpc) is 2.44. The molecule has 0 heterocycles. The summed E-state index contributed by atoms with van der Waals surface area (Å²) in [4.78, 5) is 27.3. The monoisotopic (exact) mass is 268 g/mol. The van der Waals surface area contributed by atoms with Crippen LogP contribution in [0.5, 0.6) is 11.5 Å². The molecule has 7 nitrogen and oxygen atoms in total. The zero-order chi connectivity index (χ0) is 14.3. The van der Waals surface area contributed by atoms with Crippen LogP contribution in [0.25, 0.3) is 0 Å². The van der Waals surface area contributed by atoms with E-state index in [2.05, 4.69) is 15.6 Å². The lowest BCUT2D eigenvalue weighted by atomic mass is 10.2. The largest absolute Gasteiger partial charge is 0.493 e. The average molecular weight is 268 g/mol. The summed E-state index contributed by atoms with van der Waals surface area (Å²) in [6.45, 7) is -0.180. The van der Waals surface area contributed by atoms with E-state index in [0.717, 1.165) is 0 Å². The van der Waals surface area contributed by atoms with Crippen LogP contribution in [0, 0.1) is 0 Å². The van der Waals surface area contributed by atoms with E-state index in [4.69, 9.17) is 9.47 Å². The van der Waals surface area contributed by atoms with Crippen molar-refractivity contribution in [1.29, 1.82) is 0 Å². The molecule has 0 atom stereocenters. The number of hydrogen-bond acceptors (Lipinski definition) is 5. The van der Waals surface area contributed by atoms with Gasteiger partial charge in [0, 0.05) is 5.56 Å². The quantitative estimate of drug-likeness (QED) is 0.715. The fourth-order valence-corrected chi connectivity index (χ4v) is 1.39. The third-order valence-corrected chi connectivity index (χ3v) is 2.27. The van der Waals surface area contributed by atoms with E-state index in [9.17, 15) is 9.59 Å². The molecule has 2 N–H and O–H groups in total. The summed E-state index contributed by atoms with van der Waals surface area (Å²) in [6.07, 6.45) is 0. The maximum absolute atomic E-state index is 11.8. The highest BCUT2D eigenvalue weighted by atomic mass is 16.6. The predicted molar refractivity (Wildman–Crippen MR) is 67.0 cm³/mol. The Morgan fingerprint density at radius 2 is 1.79 bits per heavy atom. The van der Waals surface area contributed by atoms with Crippen LogP contribution in [0.3, 0.4) is 0 Å². The summed E-state index contributed by atoms with van der Waals surface area (Å²) < 4.78 is 10.2. The van der Waals surface area contributed by atoms with Gasteiger partial charge in [-0.25, -0.2) is 5.48 Å². The first-order valence-electron chi connectivity index (χ1n) is 5.44. The Morgan fingerprint density at radius 3 is 2.37 bits per heavy atom. The van der Waals surface area contributed by atoms with Crippen LogP contribution in [0.15, 0.2) is 18.2 Å². The summed E-state index contributed by atoms with van der Waals surface area (Å²) in [5.74, 6) is 0.121. The standard InChI is InChI=1S/C12H16N2O5/c1-17-9-5-4-8(6-10(9)18-2)12(16)13-7-11(15)14-19-3/h4-6H,7H2,1-3H3,(H,13,16)(H,14,15). The molecule has 1 rings (SSSR count). The van der Waals surface area contributed by atoms with Gasteiger partial charge in [-0.1, -0.05) is 0 Å². The molecule has 104 valence electrons. The number of ether oxygens (including phenoxy) is 2. The maximum Gasteiger partial charge on any atom is 0.262 e. The van der Waals surface area contributed by atoms with Crippen LogP contribution in [0.2, 0.25) is 0 Å². The van der Waals surface area contributed by atoms with E-state index < -0.39 is 11.8 Å². The lowest BCUT2D eigenvalue weighted by Crippen LogP contribution is -2.36. The Hall–Kier alpha value is -2.28. The van der Waals surface area contributed by atoms with Gasteiger partial charge in [-0.2, -0.15) is 0 Å². The van der Waals surface area contributed by atoms with Crippen molar-refractivity contribution in [3.05, 3.63) is 23.8 Å². The summed E-state index contributed by atoms with van der Waals surface area (Å²) in [5.41, 5.74) is 2.46. The molecular formula is C12H16N2O5. The van der Waals surface area contributed by atoms with Crippen LogP contribution in [0.4, 0.5) is 0 Å². The third kappa shape index (κ3) is 4.14.